The van der Waals surface area contributed by atoms with Gasteiger partial charge in [0.25, 0.3) is 0 Å². The molecule has 130 valence electrons. The highest BCUT2D eigenvalue weighted by Crippen LogP contribution is 2.11. The lowest BCUT2D eigenvalue weighted by Crippen LogP contribution is -2.30. The molecule has 2 rings (SSSR count). The average molecular weight is 332 g/mol. The van der Waals surface area contributed by atoms with Crippen molar-refractivity contribution in [3.8, 4) is 0 Å². The number of rotatable bonds is 10. The van der Waals surface area contributed by atoms with Crippen molar-refractivity contribution in [3.63, 3.8) is 0 Å². The number of aromatic nitrogens is 2. The van der Waals surface area contributed by atoms with Crippen LogP contribution in [0.2, 0.25) is 0 Å². The van der Waals surface area contributed by atoms with Crippen molar-refractivity contribution in [2.75, 3.05) is 32.2 Å². The van der Waals surface area contributed by atoms with Crippen LogP contribution < -0.4 is 10.6 Å². The Bertz CT molecular complexity index is 602. The summed E-state index contributed by atoms with van der Waals surface area (Å²) in [5, 5.41) is 5.67. The fourth-order valence-electron chi connectivity index (χ4n) is 2.13. The molecule has 1 heterocycles. The van der Waals surface area contributed by atoms with Gasteiger partial charge >= 0.3 is 6.03 Å². The predicted octanol–water partition coefficient (Wildman–Crippen LogP) is 2.26. The molecule has 7 heteroatoms. The van der Waals surface area contributed by atoms with Gasteiger partial charge in [0, 0.05) is 38.3 Å². The number of ether oxygens (including phenoxy) is 2. The van der Waals surface area contributed by atoms with Gasteiger partial charge in [-0.1, -0.05) is 12.1 Å². The first kappa shape index (κ1) is 18.0. The molecule has 24 heavy (non-hydrogen) atoms. The van der Waals surface area contributed by atoms with Gasteiger partial charge in [-0.15, -0.1) is 0 Å². The highest BCUT2D eigenvalue weighted by atomic mass is 16.5. The van der Waals surface area contributed by atoms with Crippen molar-refractivity contribution in [1.29, 1.82) is 0 Å². The molecule has 0 fully saturated rings. The van der Waals surface area contributed by atoms with Gasteiger partial charge < -0.3 is 24.7 Å². The molecule has 0 spiro atoms. The molecule has 0 unspecified atom stereocenters. The van der Waals surface area contributed by atoms with Crippen LogP contribution in [0.3, 0.4) is 0 Å². The number of aryl methyl sites for hydroxylation is 1. The van der Waals surface area contributed by atoms with E-state index < -0.39 is 0 Å². The van der Waals surface area contributed by atoms with Crippen LogP contribution in [0.5, 0.6) is 0 Å². The molecule has 0 atom stereocenters. The largest absolute Gasteiger partial charge is 0.382 e. The zero-order valence-corrected chi connectivity index (χ0v) is 13.9. The Morgan fingerprint density at radius 3 is 3.04 bits per heavy atom. The zero-order valence-electron chi connectivity index (χ0n) is 13.9. The van der Waals surface area contributed by atoms with Crippen LogP contribution in [0.4, 0.5) is 10.5 Å². The summed E-state index contributed by atoms with van der Waals surface area (Å²) < 4.78 is 12.4. The van der Waals surface area contributed by atoms with E-state index in [0.29, 0.717) is 26.4 Å². The van der Waals surface area contributed by atoms with Crippen molar-refractivity contribution in [2.24, 2.45) is 0 Å². The van der Waals surface area contributed by atoms with E-state index in [4.69, 9.17) is 9.47 Å². The van der Waals surface area contributed by atoms with Crippen LogP contribution in [0, 0.1) is 0 Å². The predicted molar refractivity (Wildman–Crippen MR) is 91.8 cm³/mol. The maximum Gasteiger partial charge on any atom is 0.319 e. The van der Waals surface area contributed by atoms with Crippen molar-refractivity contribution < 1.29 is 14.3 Å². The maximum atomic E-state index is 11.9. The first-order valence-electron chi connectivity index (χ1n) is 7.94. The standard InChI is InChI=1S/C17H24N4O3/c1-23-10-11-24-13-15-4-2-5-16(12-15)20-17(22)19-6-3-8-21-9-7-18-14-21/h2,4-5,7,9,12,14H,3,6,8,10-11,13H2,1H3,(H2,19,20,22). The minimum atomic E-state index is -0.210. The minimum Gasteiger partial charge on any atom is -0.382 e. The highest BCUT2D eigenvalue weighted by Gasteiger charge is 2.02. The number of nitrogens with zero attached hydrogens (tertiary/aromatic N) is 2. The monoisotopic (exact) mass is 332 g/mol. The Balaban J connectivity index is 1.67. The maximum absolute atomic E-state index is 11.9. The van der Waals surface area contributed by atoms with Gasteiger partial charge in [-0.05, 0) is 24.1 Å². The van der Waals surface area contributed by atoms with Gasteiger partial charge in [-0.25, -0.2) is 9.78 Å². The molecule has 0 saturated heterocycles. The van der Waals surface area contributed by atoms with Crippen LogP contribution in [0.1, 0.15) is 12.0 Å². The number of hydrogen-bond acceptors (Lipinski definition) is 4. The Hall–Kier alpha value is -2.38. The van der Waals surface area contributed by atoms with E-state index in [2.05, 4.69) is 15.6 Å². The first-order chi connectivity index (χ1) is 11.8. The first-order valence-corrected chi connectivity index (χ1v) is 7.94. The third-order valence-corrected chi connectivity index (χ3v) is 3.32. The number of carbonyl (C=O) groups is 1. The molecule has 0 saturated carbocycles. The Labute approximate surface area is 142 Å². The van der Waals surface area contributed by atoms with E-state index in [9.17, 15) is 4.79 Å². The molecule has 2 aromatic rings. The molecule has 0 aliphatic heterocycles. The van der Waals surface area contributed by atoms with E-state index >= 15 is 0 Å². The van der Waals surface area contributed by atoms with E-state index in [-0.39, 0.29) is 6.03 Å². The summed E-state index contributed by atoms with van der Waals surface area (Å²) in [6, 6.07) is 7.39. The van der Waals surface area contributed by atoms with Gasteiger partial charge in [0.05, 0.1) is 26.1 Å². The topological polar surface area (TPSA) is 77.4 Å². The zero-order chi connectivity index (χ0) is 17.0. The van der Waals surface area contributed by atoms with Crippen LogP contribution in [-0.4, -0.2) is 42.5 Å². The fourth-order valence-corrected chi connectivity index (χ4v) is 2.13. The quantitative estimate of drug-likeness (QED) is 0.654. The second-order valence-corrected chi connectivity index (χ2v) is 5.28. The van der Waals surface area contributed by atoms with Gasteiger partial charge in [-0.2, -0.15) is 0 Å². The van der Waals surface area contributed by atoms with Crippen molar-refractivity contribution in [3.05, 3.63) is 48.5 Å². The molecule has 2 N–H and O–H groups in total. The number of carbonyl (C=O) groups excluding carboxylic acids is 1. The second kappa shape index (κ2) is 10.4. The lowest BCUT2D eigenvalue weighted by Gasteiger charge is -2.09. The van der Waals surface area contributed by atoms with Crippen LogP contribution in [0.25, 0.3) is 0 Å². The number of amides is 2. The molecule has 7 nitrogen and oxygen atoms in total. The van der Waals surface area contributed by atoms with E-state index in [0.717, 1.165) is 24.2 Å². The van der Waals surface area contributed by atoms with Crippen molar-refractivity contribution in [1.82, 2.24) is 14.9 Å². The number of urea groups is 1. The highest BCUT2D eigenvalue weighted by molar-refractivity contribution is 5.89. The van der Waals surface area contributed by atoms with E-state index in [1.165, 1.54) is 0 Å². The number of methoxy groups -OCH3 is 1. The molecule has 0 aliphatic carbocycles. The summed E-state index contributed by atoms with van der Waals surface area (Å²) in [5.41, 5.74) is 1.75. The number of anilines is 1. The fraction of sp³-hybridized carbons (Fsp3) is 0.412. The lowest BCUT2D eigenvalue weighted by atomic mass is 10.2. The van der Waals surface area contributed by atoms with Gasteiger partial charge in [0.2, 0.25) is 0 Å². The Kier molecular flexibility index (Phi) is 7.79. The summed E-state index contributed by atoms with van der Waals surface area (Å²) in [7, 11) is 1.64. The van der Waals surface area contributed by atoms with E-state index in [1.807, 2.05) is 35.0 Å². The van der Waals surface area contributed by atoms with Crippen molar-refractivity contribution >= 4 is 11.7 Å². The third-order valence-electron chi connectivity index (χ3n) is 3.32. The SMILES string of the molecule is COCCOCc1cccc(NC(=O)NCCCn2ccnc2)c1. The Morgan fingerprint density at radius 1 is 1.33 bits per heavy atom. The molecule has 0 aliphatic rings. The van der Waals surface area contributed by atoms with Gasteiger partial charge in [-0.3, -0.25) is 0 Å². The summed E-state index contributed by atoms with van der Waals surface area (Å²) in [5.74, 6) is 0. The summed E-state index contributed by atoms with van der Waals surface area (Å²) in [4.78, 5) is 15.9. The number of nitrogens with one attached hydrogen (secondary N) is 2. The van der Waals surface area contributed by atoms with Crippen LogP contribution >= 0.6 is 0 Å². The number of benzene rings is 1. The third kappa shape index (κ3) is 6.80. The van der Waals surface area contributed by atoms with Crippen LogP contribution in [-0.2, 0) is 22.6 Å². The normalized spacial score (nSPS) is 10.5. The summed E-state index contributed by atoms with van der Waals surface area (Å²) >= 11 is 0. The van der Waals surface area contributed by atoms with Gasteiger partial charge in [0.1, 0.15) is 0 Å². The number of hydrogen-bond donors (Lipinski definition) is 2. The molecule has 2 amide bonds. The second-order valence-electron chi connectivity index (χ2n) is 5.28. The molecule has 0 radical (unpaired) electrons. The van der Waals surface area contributed by atoms with Crippen LogP contribution in [0.15, 0.2) is 43.0 Å². The van der Waals surface area contributed by atoms with Crippen molar-refractivity contribution in [2.45, 2.75) is 19.6 Å². The molecule has 1 aromatic carbocycles. The molecular formula is C17H24N4O3. The summed E-state index contributed by atoms with van der Waals surface area (Å²) in [6.45, 7) is 3.04. The number of imidazole rings is 1. The smallest absolute Gasteiger partial charge is 0.319 e. The minimum absolute atomic E-state index is 0.210. The van der Waals surface area contributed by atoms with E-state index in [1.54, 1.807) is 19.6 Å². The average Bonchev–Trinajstić information content (AvgIpc) is 3.09. The Morgan fingerprint density at radius 2 is 2.25 bits per heavy atom. The molecule has 0 bridgehead atoms. The molecule has 1 aromatic heterocycles. The lowest BCUT2D eigenvalue weighted by molar-refractivity contribution is 0.0617. The molecular weight excluding hydrogens is 308 g/mol. The van der Waals surface area contributed by atoms with Gasteiger partial charge in [0.15, 0.2) is 0 Å². The summed E-state index contributed by atoms with van der Waals surface area (Å²) in [6.07, 6.45) is 6.25.